The fraction of sp³-hybridized carbons (Fsp3) is 0. The van der Waals surface area contributed by atoms with Crippen molar-refractivity contribution in [3.63, 3.8) is 0 Å². The molecular formula is C47H29N5. The van der Waals surface area contributed by atoms with Gasteiger partial charge in [-0.25, -0.2) is 19.9 Å². The van der Waals surface area contributed by atoms with Crippen molar-refractivity contribution in [3.05, 3.63) is 176 Å². The molecule has 0 saturated carbocycles. The molecule has 0 aliphatic rings. The van der Waals surface area contributed by atoms with Crippen molar-refractivity contribution in [1.29, 1.82) is 0 Å². The van der Waals surface area contributed by atoms with Gasteiger partial charge in [0, 0.05) is 50.0 Å². The van der Waals surface area contributed by atoms with Gasteiger partial charge in [0.2, 0.25) is 0 Å². The molecule has 0 N–H and O–H groups in total. The largest absolute Gasteiger partial charge is 0.256 e. The van der Waals surface area contributed by atoms with Gasteiger partial charge in [0.05, 0.1) is 39.1 Å². The Morgan fingerprint density at radius 3 is 1.73 bits per heavy atom. The molecule has 6 aromatic carbocycles. The summed E-state index contributed by atoms with van der Waals surface area (Å²) in [6, 6.07) is 58.5. The molecule has 5 heteroatoms. The molecule has 0 amide bonds. The third-order valence-corrected chi connectivity index (χ3v) is 9.72. The van der Waals surface area contributed by atoms with Crippen LogP contribution in [0.1, 0.15) is 0 Å². The Bertz CT molecular complexity index is 2950. The van der Waals surface area contributed by atoms with E-state index >= 15 is 0 Å². The van der Waals surface area contributed by atoms with Crippen LogP contribution in [0.15, 0.2) is 176 Å². The minimum atomic E-state index is 0.678. The average Bonchev–Trinajstić information content (AvgIpc) is 3.23. The highest BCUT2D eigenvalue weighted by Gasteiger charge is 2.15. The van der Waals surface area contributed by atoms with Crippen LogP contribution in [0.2, 0.25) is 0 Å². The topological polar surface area (TPSA) is 64.5 Å². The summed E-state index contributed by atoms with van der Waals surface area (Å²) in [4.78, 5) is 25.2. The van der Waals surface area contributed by atoms with E-state index in [4.69, 9.17) is 24.9 Å². The first-order valence-electron chi connectivity index (χ1n) is 17.3. The number of hydrogen-bond acceptors (Lipinski definition) is 5. The summed E-state index contributed by atoms with van der Waals surface area (Å²) in [5, 5.41) is 4.22. The van der Waals surface area contributed by atoms with Gasteiger partial charge in [0.25, 0.3) is 0 Å². The predicted octanol–water partition coefficient (Wildman–Crippen LogP) is 11.6. The molecular weight excluding hydrogens is 635 g/mol. The minimum Gasteiger partial charge on any atom is -0.256 e. The first kappa shape index (κ1) is 29.8. The van der Waals surface area contributed by atoms with Gasteiger partial charge < -0.3 is 0 Å². The number of hydrogen-bond donors (Lipinski definition) is 0. The zero-order chi connectivity index (χ0) is 34.4. The van der Waals surface area contributed by atoms with E-state index in [-0.39, 0.29) is 0 Å². The number of benzene rings is 6. The molecule has 0 saturated heterocycles. The Morgan fingerprint density at radius 1 is 0.346 bits per heavy atom. The number of rotatable bonds is 5. The van der Waals surface area contributed by atoms with Crippen LogP contribution in [0, 0.1) is 0 Å². The minimum absolute atomic E-state index is 0.678. The standard InChI is InChI=1S/C47H29N5/c1-2-9-31(10-3-1)40-26-24-34-22-23-35-25-27-41(50-45(35)44(34)49-40)32-20-18-30(19-21-32)36-12-6-13-37(29-36)47-51-42-17-5-4-15-38(42)46(52-47)39-16-7-11-33-14-8-28-48-43(33)39/h1-29H. The second kappa shape index (κ2) is 12.3. The fourth-order valence-electron chi connectivity index (χ4n) is 7.08. The Labute approximate surface area is 300 Å². The summed E-state index contributed by atoms with van der Waals surface area (Å²) >= 11 is 0. The number of para-hydroxylation sites is 2. The van der Waals surface area contributed by atoms with E-state index < -0.39 is 0 Å². The second-order valence-electron chi connectivity index (χ2n) is 12.9. The second-order valence-corrected chi connectivity index (χ2v) is 12.9. The van der Waals surface area contributed by atoms with E-state index in [0.717, 1.165) is 94.1 Å². The van der Waals surface area contributed by atoms with E-state index in [2.05, 4.69) is 127 Å². The lowest BCUT2D eigenvalue weighted by atomic mass is 9.99. The summed E-state index contributed by atoms with van der Waals surface area (Å²) in [7, 11) is 0. The SMILES string of the molecule is c1ccc(-c2ccc3ccc4ccc(-c5ccc(-c6cccc(-c7nc(-c8cccc9cccnc89)c8ccccc8n7)c6)cc5)nc4c3n2)cc1. The maximum absolute atomic E-state index is 5.18. The van der Waals surface area contributed by atoms with Crippen molar-refractivity contribution in [3.8, 4) is 56.3 Å². The van der Waals surface area contributed by atoms with E-state index in [0.29, 0.717) is 5.82 Å². The number of aromatic nitrogens is 5. The van der Waals surface area contributed by atoms with Crippen LogP contribution in [0.4, 0.5) is 0 Å². The van der Waals surface area contributed by atoms with E-state index in [1.165, 1.54) is 0 Å². The van der Waals surface area contributed by atoms with E-state index in [1.54, 1.807) is 0 Å². The molecule has 10 aromatic rings. The molecule has 0 atom stereocenters. The predicted molar refractivity (Wildman–Crippen MR) is 213 cm³/mol. The lowest BCUT2D eigenvalue weighted by molar-refractivity contribution is 1.23. The van der Waals surface area contributed by atoms with E-state index in [1.807, 2.05) is 48.7 Å². The smallest absolute Gasteiger partial charge is 0.160 e. The Balaban J connectivity index is 1.01. The Hall–Kier alpha value is -7.11. The van der Waals surface area contributed by atoms with Crippen LogP contribution in [0.25, 0.3) is 99.9 Å². The van der Waals surface area contributed by atoms with Gasteiger partial charge in [-0.2, -0.15) is 0 Å². The first-order chi connectivity index (χ1) is 25.7. The van der Waals surface area contributed by atoms with Crippen molar-refractivity contribution in [2.75, 3.05) is 0 Å². The molecule has 0 aliphatic carbocycles. The summed E-state index contributed by atoms with van der Waals surface area (Å²) in [5.74, 6) is 0.678. The normalized spacial score (nSPS) is 11.5. The Kier molecular flexibility index (Phi) is 7.07. The quantitative estimate of drug-likeness (QED) is 0.171. The van der Waals surface area contributed by atoms with Gasteiger partial charge in [-0.15, -0.1) is 0 Å². The van der Waals surface area contributed by atoms with Gasteiger partial charge in [-0.3, -0.25) is 4.98 Å². The molecule has 0 fully saturated rings. The number of fused-ring (bicyclic) bond motifs is 5. The fourth-order valence-corrected chi connectivity index (χ4v) is 7.08. The van der Waals surface area contributed by atoms with Gasteiger partial charge >= 0.3 is 0 Å². The third kappa shape index (κ3) is 5.24. The zero-order valence-corrected chi connectivity index (χ0v) is 28.0. The highest BCUT2D eigenvalue weighted by Crippen LogP contribution is 2.35. The maximum Gasteiger partial charge on any atom is 0.160 e. The van der Waals surface area contributed by atoms with Crippen LogP contribution >= 0.6 is 0 Å². The van der Waals surface area contributed by atoms with Crippen molar-refractivity contribution in [1.82, 2.24) is 24.9 Å². The first-order valence-corrected chi connectivity index (χ1v) is 17.3. The molecule has 242 valence electrons. The van der Waals surface area contributed by atoms with Crippen LogP contribution in [0.3, 0.4) is 0 Å². The highest BCUT2D eigenvalue weighted by molar-refractivity contribution is 6.04. The van der Waals surface area contributed by atoms with Gasteiger partial charge in [-0.05, 0) is 41.5 Å². The maximum atomic E-state index is 5.18. The van der Waals surface area contributed by atoms with Crippen molar-refractivity contribution < 1.29 is 0 Å². The van der Waals surface area contributed by atoms with Crippen molar-refractivity contribution >= 4 is 43.6 Å². The number of nitrogens with zero attached hydrogens (tertiary/aromatic N) is 5. The monoisotopic (exact) mass is 663 g/mol. The van der Waals surface area contributed by atoms with Gasteiger partial charge in [0.1, 0.15) is 0 Å². The summed E-state index contributed by atoms with van der Waals surface area (Å²) in [6.45, 7) is 0. The molecule has 5 nitrogen and oxygen atoms in total. The molecule has 52 heavy (non-hydrogen) atoms. The molecule has 0 aliphatic heterocycles. The third-order valence-electron chi connectivity index (χ3n) is 9.72. The molecule has 0 bridgehead atoms. The van der Waals surface area contributed by atoms with Gasteiger partial charge in [-0.1, -0.05) is 140 Å². The lowest BCUT2D eigenvalue weighted by Crippen LogP contribution is -1.96. The number of pyridine rings is 3. The zero-order valence-electron chi connectivity index (χ0n) is 28.0. The molecule has 0 radical (unpaired) electrons. The molecule has 0 unspecified atom stereocenters. The highest BCUT2D eigenvalue weighted by atomic mass is 14.9. The molecule has 4 heterocycles. The summed E-state index contributed by atoms with van der Waals surface area (Å²) < 4.78 is 0. The van der Waals surface area contributed by atoms with Crippen molar-refractivity contribution in [2.45, 2.75) is 0 Å². The Morgan fingerprint density at radius 2 is 0.942 bits per heavy atom. The van der Waals surface area contributed by atoms with Crippen LogP contribution in [-0.4, -0.2) is 24.9 Å². The van der Waals surface area contributed by atoms with Crippen LogP contribution in [0.5, 0.6) is 0 Å². The van der Waals surface area contributed by atoms with Gasteiger partial charge in [0.15, 0.2) is 5.82 Å². The summed E-state index contributed by atoms with van der Waals surface area (Å²) in [5.41, 5.74) is 12.6. The van der Waals surface area contributed by atoms with Crippen LogP contribution < -0.4 is 0 Å². The average molecular weight is 664 g/mol. The molecule has 4 aromatic heterocycles. The molecule has 10 rings (SSSR count). The van der Waals surface area contributed by atoms with E-state index in [9.17, 15) is 0 Å². The lowest BCUT2D eigenvalue weighted by Gasteiger charge is -2.12. The molecule has 0 spiro atoms. The summed E-state index contributed by atoms with van der Waals surface area (Å²) in [6.07, 6.45) is 1.84. The van der Waals surface area contributed by atoms with Crippen LogP contribution in [-0.2, 0) is 0 Å². The van der Waals surface area contributed by atoms with Crippen molar-refractivity contribution in [2.24, 2.45) is 0 Å².